The van der Waals surface area contributed by atoms with Crippen LogP contribution in [0.15, 0.2) is 23.4 Å². The van der Waals surface area contributed by atoms with Crippen molar-refractivity contribution in [3.63, 3.8) is 0 Å². The molecule has 7 heteroatoms. The molecule has 22 heavy (non-hydrogen) atoms. The first-order chi connectivity index (χ1) is 10.8. The molecule has 0 radical (unpaired) electrons. The molecule has 1 atom stereocenters. The van der Waals surface area contributed by atoms with E-state index >= 15 is 0 Å². The molecule has 0 saturated heterocycles. The highest BCUT2D eigenvalue weighted by Gasteiger charge is 2.23. The maximum absolute atomic E-state index is 8.97. The number of tetrazole rings is 1. The number of thioether (sulfide) groups is 1. The summed E-state index contributed by atoms with van der Waals surface area (Å²) in [5, 5.41) is 22.2. The minimum Gasteiger partial charge on any atom is -0.250 e. The average Bonchev–Trinajstić information content (AvgIpc) is 3.05. The number of hydrogen-bond acceptors (Lipinski definition) is 6. The van der Waals surface area contributed by atoms with E-state index in [4.69, 9.17) is 5.26 Å². The second-order valence-corrected chi connectivity index (χ2v) is 6.89. The normalized spacial score (nSPS) is 17.1. The summed E-state index contributed by atoms with van der Waals surface area (Å²) in [4.78, 5) is 4.31. The minimum absolute atomic E-state index is 0.0957. The van der Waals surface area contributed by atoms with Crippen molar-refractivity contribution in [2.75, 3.05) is 0 Å². The number of nitrogens with zero attached hydrogens (tertiary/aromatic N) is 6. The number of nitriles is 1. The van der Waals surface area contributed by atoms with Crippen LogP contribution in [0.2, 0.25) is 0 Å². The zero-order valence-electron chi connectivity index (χ0n) is 12.5. The molecule has 1 saturated carbocycles. The van der Waals surface area contributed by atoms with Crippen LogP contribution >= 0.6 is 11.8 Å². The molecule has 0 bridgehead atoms. The van der Waals surface area contributed by atoms with Crippen LogP contribution in [-0.2, 0) is 0 Å². The smallest absolute Gasteiger partial charge is 0.164 e. The van der Waals surface area contributed by atoms with Crippen LogP contribution < -0.4 is 0 Å². The van der Waals surface area contributed by atoms with E-state index < -0.39 is 0 Å². The molecule has 3 rings (SSSR count). The zero-order valence-corrected chi connectivity index (χ0v) is 13.3. The molecule has 2 aromatic heterocycles. The maximum atomic E-state index is 8.97. The Kier molecular flexibility index (Phi) is 4.68. The van der Waals surface area contributed by atoms with E-state index in [0.717, 1.165) is 23.7 Å². The van der Waals surface area contributed by atoms with E-state index in [0.29, 0.717) is 11.6 Å². The van der Waals surface area contributed by atoms with Gasteiger partial charge in [-0.15, -0.1) is 5.10 Å². The van der Waals surface area contributed by atoms with Gasteiger partial charge in [0.05, 0.1) is 28.0 Å². The van der Waals surface area contributed by atoms with Crippen molar-refractivity contribution in [2.45, 2.75) is 55.3 Å². The van der Waals surface area contributed by atoms with E-state index in [2.05, 4.69) is 33.5 Å². The summed E-state index contributed by atoms with van der Waals surface area (Å²) in [6, 6.07) is 6.07. The van der Waals surface area contributed by atoms with Gasteiger partial charge in [-0.05, 0) is 42.3 Å². The van der Waals surface area contributed by atoms with Crippen LogP contribution in [0.5, 0.6) is 0 Å². The molecular formula is C15H18N6S. The first kappa shape index (κ1) is 15.0. The third-order valence-corrected chi connectivity index (χ3v) is 4.99. The Hall–Kier alpha value is -1.94. The van der Waals surface area contributed by atoms with Gasteiger partial charge in [0.1, 0.15) is 0 Å². The molecule has 0 spiro atoms. The molecule has 1 aliphatic carbocycles. The first-order valence-corrected chi connectivity index (χ1v) is 8.46. The van der Waals surface area contributed by atoms with Crippen molar-refractivity contribution in [1.29, 1.82) is 5.26 Å². The highest BCUT2D eigenvalue weighted by molar-refractivity contribution is 7.99. The molecule has 0 aromatic carbocycles. The average molecular weight is 314 g/mol. The number of aromatic nitrogens is 5. The first-order valence-electron chi connectivity index (χ1n) is 7.58. The van der Waals surface area contributed by atoms with Crippen LogP contribution in [-0.4, -0.2) is 25.2 Å². The fourth-order valence-corrected chi connectivity index (χ4v) is 3.77. The Balaban J connectivity index is 1.76. The van der Waals surface area contributed by atoms with E-state index in [1.165, 1.54) is 19.3 Å². The molecule has 1 fully saturated rings. The standard InChI is InChI=1S/C15H18N6S/c1-11(22-14-9-12(10-16)7-8-17-14)15-18-19-20-21(15)13-5-3-2-4-6-13/h7-9,11,13H,2-6H2,1H3/t11-/m0/s1. The predicted octanol–water partition coefficient (Wildman–Crippen LogP) is 3.30. The van der Waals surface area contributed by atoms with E-state index in [9.17, 15) is 0 Å². The van der Waals surface area contributed by atoms with Gasteiger partial charge in [-0.25, -0.2) is 9.67 Å². The summed E-state index contributed by atoms with van der Waals surface area (Å²) in [7, 11) is 0. The van der Waals surface area contributed by atoms with Crippen LogP contribution in [0, 0.1) is 11.3 Å². The second kappa shape index (κ2) is 6.88. The molecule has 0 aliphatic heterocycles. The van der Waals surface area contributed by atoms with Gasteiger partial charge in [0.25, 0.3) is 0 Å². The van der Waals surface area contributed by atoms with Crippen LogP contribution in [0.25, 0.3) is 0 Å². The van der Waals surface area contributed by atoms with Gasteiger partial charge in [-0.1, -0.05) is 31.0 Å². The molecular weight excluding hydrogens is 296 g/mol. The summed E-state index contributed by atoms with van der Waals surface area (Å²) in [6.07, 6.45) is 7.77. The van der Waals surface area contributed by atoms with Gasteiger partial charge in [-0.2, -0.15) is 5.26 Å². The van der Waals surface area contributed by atoms with Crippen molar-refractivity contribution in [1.82, 2.24) is 25.2 Å². The summed E-state index contributed by atoms with van der Waals surface area (Å²) >= 11 is 1.58. The van der Waals surface area contributed by atoms with Crippen LogP contribution in [0.1, 0.15) is 61.7 Å². The fourth-order valence-electron chi connectivity index (χ4n) is 2.83. The molecule has 114 valence electrons. The van der Waals surface area contributed by atoms with E-state index in [1.54, 1.807) is 30.1 Å². The zero-order chi connectivity index (χ0) is 15.4. The fraction of sp³-hybridized carbons (Fsp3) is 0.533. The van der Waals surface area contributed by atoms with Crippen LogP contribution in [0.3, 0.4) is 0 Å². The Morgan fingerprint density at radius 1 is 1.36 bits per heavy atom. The second-order valence-electron chi connectivity index (χ2n) is 5.53. The molecule has 0 unspecified atom stereocenters. The summed E-state index contributed by atoms with van der Waals surface area (Å²) in [6.45, 7) is 2.08. The van der Waals surface area contributed by atoms with Crippen molar-refractivity contribution in [3.05, 3.63) is 29.7 Å². The highest BCUT2D eigenvalue weighted by atomic mass is 32.2. The van der Waals surface area contributed by atoms with Gasteiger partial charge < -0.3 is 0 Å². The molecule has 6 nitrogen and oxygen atoms in total. The molecule has 1 aliphatic rings. The van der Waals surface area contributed by atoms with Gasteiger partial charge in [0.2, 0.25) is 0 Å². The summed E-state index contributed by atoms with van der Waals surface area (Å²) < 4.78 is 1.99. The van der Waals surface area contributed by atoms with Crippen molar-refractivity contribution >= 4 is 11.8 Å². The largest absolute Gasteiger partial charge is 0.250 e. The highest BCUT2D eigenvalue weighted by Crippen LogP contribution is 2.35. The Bertz CT molecular complexity index is 671. The third-order valence-electron chi connectivity index (χ3n) is 3.96. The Morgan fingerprint density at radius 2 is 2.18 bits per heavy atom. The predicted molar refractivity (Wildman–Crippen MR) is 83.2 cm³/mol. The van der Waals surface area contributed by atoms with Crippen LogP contribution in [0.4, 0.5) is 0 Å². The third kappa shape index (κ3) is 3.28. The number of hydrogen-bond donors (Lipinski definition) is 0. The number of pyridine rings is 1. The van der Waals surface area contributed by atoms with Gasteiger partial charge in [0, 0.05) is 6.20 Å². The quantitative estimate of drug-likeness (QED) is 0.805. The monoisotopic (exact) mass is 314 g/mol. The summed E-state index contributed by atoms with van der Waals surface area (Å²) in [5.41, 5.74) is 0.622. The molecule has 2 aromatic rings. The minimum atomic E-state index is 0.0957. The molecule has 0 N–H and O–H groups in total. The van der Waals surface area contributed by atoms with Crippen molar-refractivity contribution in [2.24, 2.45) is 0 Å². The molecule has 2 heterocycles. The topological polar surface area (TPSA) is 80.3 Å². The van der Waals surface area contributed by atoms with E-state index in [-0.39, 0.29) is 5.25 Å². The number of rotatable bonds is 4. The lowest BCUT2D eigenvalue weighted by molar-refractivity contribution is 0.317. The van der Waals surface area contributed by atoms with Gasteiger partial charge in [-0.3, -0.25) is 0 Å². The lowest BCUT2D eigenvalue weighted by atomic mass is 9.95. The Labute approximate surface area is 133 Å². The molecule has 0 amide bonds. The van der Waals surface area contributed by atoms with Gasteiger partial charge >= 0.3 is 0 Å². The van der Waals surface area contributed by atoms with Gasteiger partial charge in [0.15, 0.2) is 5.82 Å². The SMILES string of the molecule is C[C@H](Sc1cc(C#N)ccn1)c1nnnn1C1CCCCC1. The van der Waals surface area contributed by atoms with Crippen molar-refractivity contribution < 1.29 is 0 Å². The Morgan fingerprint density at radius 3 is 2.95 bits per heavy atom. The van der Waals surface area contributed by atoms with Crippen molar-refractivity contribution in [3.8, 4) is 6.07 Å². The summed E-state index contributed by atoms with van der Waals surface area (Å²) in [5.74, 6) is 0.890. The lowest BCUT2D eigenvalue weighted by Gasteiger charge is -2.23. The lowest BCUT2D eigenvalue weighted by Crippen LogP contribution is -2.17. The maximum Gasteiger partial charge on any atom is 0.164 e. The van der Waals surface area contributed by atoms with E-state index in [1.807, 2.05) is 4.68 Å².